The zero-order valence-corrected chi connectivity index (χ0v) is 9.90. The highest BCUT2D eigenvalue weighted by molar-refractivity contribution is 14.1. The summed E-state index contributed by atoms with van der Waals surface area (Å²) in [6, 6.07) is 0.705. The smallest absolute Gasteiger partial charge is 0.332 e. The fraction of sp³-hybridized carbons (Fsp3) is 0.286. The van der Waals surface area contributed by atoms with Crippen LogP contribution in [-0.4, -0.2) is 22.7 Å². The van der Waals surface area contributed by atoms with Gasteiger partial charge in [0.2, 0.25) is 5.95 Å². The first kappa shape index (κ1) is 13.9. The lowest BCUT2D eigenvalue weighted by Crippen LogP contribution is -2.21. The Labute approximate surface area is 105 Å². The van der Waals surface area contributed by atoms with Gasteiger partial charge in [-0.05, 0) is 22.6 Å². The highest BCUT2D eigenvalue weighted by Crippen LogP contribution is 2.29. The van der Waals surface area contributed by atoms with Crippen LogP contribution in [0.1, 0.15) is 0 Å². The van der Waals surface area contributed by atoms with E-state index in [0.717, 1.165) is 0 Å². The van der Waals surface area contributed by atoms with Crippen LogP contribution in [0, 0.1) is 19.6 Å². The van der Waals surface area contributed by atoms with Crippen LogP contribution in [0.3, 0.4) is 0 Å². The molecular weight excluding hydrogens is 363 g/mol. The van der Waals surface area contributed by atoms with Gasteiger partial charge in [-0.2, -0.15) is 13.8 Å². The molecule has 1 rings (SSSR count). The normalized spacial score (nSPS) is 12.6. The first-order valence-electron chi connectivity index (χ1n) is 3.92. The molecule has 0 aromatic carbocycles. The summed E-state index contributed by atoms with van der Waals surface area (Å²) >= 11 is 1.41. The molecule has 1 aromatic rings. The van der Waals surface area contributed by atoms with Gasteiger partial charge in [-0.3, -0.25) is 10.1 Å². The van der Waals surface area contributed by atoms with Crippen LogP contribution in [0.5, 0.6) is 5.88 Å². The third-order valence-corrected chi connectivity index (χ3v) is 2.25. The van der Waals surface area contributed by atoms with Crippen molar-refractivity contribution < 1.29 is 27.2 Å². The van der Waals surface area contributed by atoms with Crippen LogP contribution in [0.2, 0.25) is 0 Å². The predicted octanol–water partition coefficient (Wildman–Crippen LogP) is 2.67. The van der Waals surface area contributed by atoms with E-state index in [1.54, 1.807) is 0 Å². The third-order valence-electron chi connectivity index (χ3n) is 1.50. The molecule has 1 aromatic heterocycles. The molecule has 0 aliphatic carbocycles. The van der Waals surface area contributed by atoms with Crippen LogP contribution in [0.15, 0.2) is 6.07 Å². The minimum absolute atomic E-state index is 0.214. The summed E-state index contributed by atoms with van der Waals surface area (Å²) in [5.41, 5.74) is -0.890. The Bertz CT molecular complexity index is 445. The van der Waals surface area contributed by atoms with Gasteiger partial charge in [0.25, 0.3) is 12.2 Å². The molecule has 17 heavy (non-hydrogen) atoms. The van der Waals surface area contributed by atoms with Gasteiger partial charge in [-0.1, -0.05) is 0 Å². The van der Waals surface area contributed by atoms with E-state index in [1.165, 1.54) is 22.6 Å². The van der Waals surface area contributed by atoms with E-state index in [2.05, 4.69) is 9.72 Å². The largest absolute Gasteiger partial charge is 0.432 e. The van der Waals surface area contributed by atoms with E-state index in [-0.39, 0.29) is 3.57 Å². The summed E-state index contributed by atoms with van der Waals surface area (Å²) in [6.07, 6.45) is -6.63. The molecule has 0 fully saturated rings. The van der Waals surface area contributed by atoms with Gasteiger partial charge in [-0.25, -0.2) is 8.78 Å². The standard InChI is InChI=1S/C7H3F4IN2O3/c8-4(9)6(11)17-7-3(14(15)16)1-2(12)5(10)13-7/h1,4,6H. The third kappa shape index (κ3) is 3.38. The van der Waals surface area contributed by atoms with Crippen molar-refractivity contribution >= 4 is 28.3 Å². The summed E-state index contributed by atoms with van der Waals surface area (Å²) in [6.45, 7) is 0. The van der Waals surface area contributed by atoms with E-state index in [9.17, 15) is 27.7 Å². The molecule has 5 nitrogen and oxygen atoms in total. The molecular formula is C7H3F4IN2O3. The van der Waals surface area contributed by atoms with E-state index >= 15 is 0 Å². The number of halogens is 5. The van der Waals surface area contributed by atoms with E-state index < -0.39 is 35.2 Å². The average molecular weight is 366 g/mol. The zero-order valence-electron chi connectivity index (χ0n) is 7.74. The summed E-state index contributed by atoms with van der Waals surface area (Å²) in [5.74, 6) is -2.30. The second-order valence-electron chi connectivity index (χ2n) is 2.65. The number of nitro groups is 1. The van der Waals surface area contributed by atoms with Crippen LogP contribution in [0.25, 0.3) is 0 Å². The minimum atomic E-state index is -3.52. The number of hydrogen-bond donors (Lipinski definition) is 0. The van der Waals surface area contributed by atoms with Crippen molar-refractivity contribution in [2.75, 3.05) is 0 Å². The Morgan fingerprint density at radius 1 is 1.47 bits per heavy atom. The van der Waals surface area contributed by atoms with Crippen LogP contribution in [0.4, 0.5) is 23.2 Å². The van der Waals surface area contributed by atoms with Crippen LogP contribution < -0.4 is 4.74 Å². The molecule has 0 aliphatic rings. The molecule has 1 unspecified atom stereocenters. The fourth-order valence-corrected chi connectivity index (χ4v) is 1.23. The molecule has 0 aliphatic heterocycles. The second kappa shape index (κ2) is 5.42. The van der Waals surface area contributed by atoms with Crippen molar-refractivity contribution in [2.24, 2.45) is 0 Å². The van der Waals surface area contributed by atoms with Crippen LogP contribution in [-0.2, 0) is 0 Å². The van der Waals surface area contributed by atoms with Crippen molar-refractivity contribution in [3.05, 3.63) is 25.7 Å². The van der Waals surface area contributed by atoms with Crippen molar-refractivity contribution in [1.29, 1.82) is 0 Å². The van der Waals surface area contributed by atoms with Crippen molar-refractivity contribution in [2.45, 2.75) is 12.8 Å². The Kier molecular flexibility index (Phi) is 4.42. The highest BCUT2D eigenvalue weighted by Gasteiger charge is 2.28. The molecule has 1 heterocycles. The quantitative estimate of drug-likeness (QED) is 0.270. The van der Waals surface area contributed by atoms with Gasteiger partial charge >= 0.3 is 12.1 Å². The predicted molar refractivity (Wildman–Crippen MR) is 55.1 cm³/mol. The van der Waals surface area contributed by atoms with Gasteiger partial charge in [0.15, 0.2) is 0 Å². The fourth-order valence-electron chi connectivity index (χ4n) is 0.817. The first-order valence-corrected chi connectivity index (χ1v) is 5.00. The van der Waals surface area contributed by atoms with E-state index in [0.29, 0.717) is 6.07 Å². The van der Waals surface area contributed by atoms with Crippen molar-refractivity contribution in [3.8, 4) is 5.88 Å². The highest BCUT2D eigenvalue weighted by atomic mass is 127. The number of rotatable bonds is 4. The summed E-state index contributed by atoms with van der Waals surface area (Å²) < 4.78 is 52.8. The molecule has 0 bridgehead atoms. The number of nitrogens with zero attached hydrogens (tertiary/aromatic N) is 2. The SMILES string of the molecule is O=[N+]([O-])c1cc(I)c(F)nc1OC(F)C(F)F. The molecule has 1 atom stereocenters. The zero-order chi connectivity index (χ0) is 13.2. The molecule has 0 saturated heterocycles. The monoisotopic (exact) mass is 366 g/mol. The van der Waals surface area contributed by atoms with Crippen LogP contribution >= 0.6 is 22.6 Å². The van der Waals surface area contributed by atoms with Gasteiger partial charge in [0, 0.05) is 6.07 Å². The maximum absolute atomic E-state index is 12.9. The summed E-state index contributed by atoms with van der Waals surface area (Å²) in [4.78, 5) is 12.4. The van der Waals surface area contributed by atoms with E-state index in [4.69, 9.17) is 0 Å². The molecule has 10 heteroatoms. The van der Waals surface area contributed by atoms with Crippen molar-refractivity contribution in [3.63, 3.8) is 0 Å². The second-order valence-corrected chi connectivity index (χ2v) is 3.81. The number of ether oxygens (including phenoxy) is 1. The summed E-state index contributed by atoms with van der Waals surface area (Å²) in [5, 5.41) is 10.5. The number of hydrogen-bond acceptors (Lipinski definition) is 4. The van der Waals surface area contributed by atoms with Gasteiger partial charge < -0.3 is 4.74 Å². The molecule has 0 saturated carbocycles. The molecule has 0 amide bonds. The Morgan fingerprint density at radius 3 is 2.53 bits per heavy atom. The maximum atomic E-state index is 12.9. The van der Waals surface area contributed by atoms with Gasteiger partial charge in [-0.15, -0.1) is 0 Å². The lowest BCUT2D eigenvalue weighted by molar-refractivity contribution is -0.386. The average Bonchev–Trinajstić information content (AvgIpc) is 2.22. The Hall–Kier alpha value is -1.20. The van der Waals surface area contributed by atoms with Gasteiger partial charge in [0.1, 0.15) is 0 Å². The molecule has 0 N–H and O–H groups in total. The minimum Gasteiger partial charge on any atom is -0.432 e. The van der Waals surface area contributed by atoms with E-state index in [1.807, 2.05) is 0 Å². The lowest BCUT2D eigenvalue weighted by atomic mass is 10.4. The lowest BCUT2D eigenvalue weighted by Gasteiger charge is -2.09. The number of aromatic nitrogens is 1. The Morgan fingerprint density at radius 2 is 2.06 bits per heavy atom. The molecule has 94 valence electrons. The molecule has 0 spiro atoms. The summed E-state index contributed by atoms with van der Waals surface area (Å²) in [7, 11) is 0. The number of alkyl halides is 3. The molecule has 0 radical (unpaired) electrons. The van der Waals surface area contributed by atoms with Crippen molar-refractivity contribution in [1.82, 2.24) is 4.98 Å². The van der Waals surface area contributed by atoms with Gasteiger partial charge in [0.05, 0.1) is 8.49 Å². The Balaban J connectivity index is 3.13. The number of pyridine rings is 1. The maximum Gasteiger partial charge on any atom is 0.332 e. The first-order chi connectivity index (χ1) is 7.82. The topological polar surface area (TPSA) is 65.3 Å².